The van der Waals surface area contributed by atoms with E-state index in [-0.39, 0.29) is 5.97 Å². The third-order valence-electron chi connectivity index (χ3n) is 3.66. The van der Waals surface area contributed by atoms with Crippen LogP contribution in [0.1, 0.15) is 84.0 Å². The molecule has 0 N–H and O–H groups in total. The second kappa shape index (κ2) is 17.0. The van der Waals surface area contributed by atoms with Crippen LogP contribution in [0.15, 0.2) is 24.3 Å². The number of carbonyl (C=O) groups excluding carboxylic acids is 1. The molecule has 0 heterocycles. The number of esters is 1. The van der Waals surface area contributed by atoms with Gasteiger partial charge in [0.15, 0.2) is 0 Å². The first-order valence-electron chi connectivity index (χ1n) is 8.72. The Morgan fingerprint density at radius 3 is 1.86 bits per heavy atom. The number of allylic oxidation sites excluding steroid dienone is 3. The lowest BCUT2D eigenvalue weighted by atomic mass is 10.1. The largest absolute Gasteiger partial charge is 0.466 e. The molecular weight excluding hydrogens is 260 g/mol. The first kappa shape index (κ1) is 19.9. The van der Waals surface area contributed by atoms with Crippen molar-refractivity contribution >= 4 is 5.97 Å². The van der Waals surface area contributed by atoms with E-state index in [1.54, 1.807) is 6.08 Å². The van der Waals surface area contributed by atoms with Gasteiger partial charge in [-0.15, -0.1) is 0 Å². The Morgan fingerprint density at radius 2 is 1.33 bits per heavy atom. The molecule has 0 saturated heterocycles. The minimum atomic E-state index is -0.297. The van der Waals surface area contributed by atoms with E-state index in [2.05, 4.69) is 17.7 Å². The van der Waals surface area contributed by atoms with Crippen LogP contribution in [0, 0.1) is 0 Å². The van der Waals surface area contributed by atoms with Gasteiger partial charge in [-0.1, -0.05) is 89.4 Å². The highest BCUT2D eigenvalue weighted by atomic mass is 16.5. The summed E-state index contributed by atoms with van der Waals surface area (Å²) in [7, 11) is 1.39. The van der Waals surface area contributed by atoms with E-state index in [1.165, 1.54) is 83.8 Å². The number of unbranched alkanes of at least 4 members (excludes halogenated alkanes) is 11. The standard InChI is InChI=1S/C19H34O2/c1-3-4-5-6-7-8-9-10-11-12-13-14-15-16-17-18-19(20)21-2/h15-18H,3-14H2,1-2H3/b16-15?,18-17+. The van der Waals surface area contributed by atoms with Crippen molar-refractivity contribution in [1.29, 1.82) is 0 Å². The summed E-state index contributed by atoms with van der Waals surface area (Å²) in [6.45, 7) is 2.27. The molecule has 0 atom stereocenters. The summed E-state index contributed by atoms with van der Waals surface area (Å²) in [5.74, 6) is -0.297. The van der Waals surface area contributed by atoms with Crippen LogP contribution in [0.25, 0.3) is 0 Å². The van der Waals surface area contributed by atoms with Crippen LogP contribution in [0.5, 0.6) is 0 Å². The molecule has 2 heteroatoms. The predicted octanol–water partition coefficient (Wildman–Crippen LogP) is 5.97. The van der Waals surface area contributed by atoms with Crippen molar-refractivity contribution in [3.63, 3.8) is 0 Å². The van der Waals surface area contributed by atoms with E-state index < -0.39 is 0 Å². The van der Waals surface area contributed by atoms with Crippen molar-refractivity contribution < 1.29 is 9.53 Å². The van der Waals surface area contributed by atoms with Gasteiger partial charge >= 0.3 is 5.97 Å². The molecule has 0 amide bonds. The number of rotatable bonds is 14. The van der Waals surface area contributed by atoms with Gasteiger partial charge in [0.25, 0.3) is 0 Å². The fourth-order valence-electron chi connectivity index (χ4n) is 2.30. The van der Waals surface area contributed by atoms with E-state index in [9.17, 15) is 4.79 Å². The summed E-state index contributed by atoms with van der Waals surface area (Å²) < 4.78 is 4.51. The molecule has 21 heavy (non-hydrogen) atoms. The monoisotopic (exact) mass is 294 g/mol. The SMILES string of the molecule is CCCCCCCCCCCCCC=C/C=C/C(=O)OC. The van der Waals surface area contributed by atoms with Gasteiger partial charge in [0.2, 0.25) is 0 Å². The Bertz CT molecular complexity index is 279. The molecule has 122 valence electrons. The number of methoxy groups -OCH3 is 1. The maximum Gasteiger partial charge on any atom is 0.330 e. The molecule has 0 rings (SSSR count). The van der Waals surface area contributed by atoms with E-state index in [4.69, 9.17) is 0 Å². The zero-order valence-corrected chi connectivity index (χ0v) is 14.1. The quantitative estimate of drug-likeness (QED) is 0.171. The second-order valence-corrected chi connectivity index (χ2v) is 5.63. The molecule has 0 radical (unpaired) electrons. The Morgan fingerprint density at radius 1 is 0.810 bits per heavy atom. The molecule has 0 bridgehead atoms. The van der Waals surface area contributed by atoms with E-state index in [0.717, 1.165) is 6.42 Å². The van der Waals surface area contributed by atoms with Crippen LogP contribution in [-0.2, 0) is 9.53 Å². The third-order valence-corrected chi connectivity index (χ3v) is 3.66. The zero-order chi connectivity index (χ0) is 15.6. The maximum absolute atomic E-state index is 10.8. The Hall–Kier alpha value is -1.05. The molecule has 0 aromatic carbocycles. The Labute approximate surface area is 131 Å². The molecule has 0 unspecified atom stereocenters. The molecule has 0 aliphatic carbocycles. The van der Waals surface area contributed by atoms with Crippen LogP contribution in [0.3, 0.4) is 0 Å². The number of hydrogen-bond donors (Lipinski definition) is 0. The van der Waals surface area contributed by atoms with Gasteiger partial charge in [-0.2, -0.15) is 0 Å². The van der Waals surface area contributed by atoms with Gasteiger partial charge in [0, 0.05) is 6.08 Å². The van der Waals surface area contributed by atoms with Crippen molar-refractivity contribution in [2.75, 3.05) is 7.11 Å². The fourth-order valence-corrected chi connectivity index (χ4v) is 2.30. The van der Waals surface area contributed by atoms with Crippen LogP contribution in [0.4, 0.5) is 0 Å². The molecule has 0 spiro atoms. The summed E-state index contributed by atoms with van der Waals surface area (Å²) in [5, 5.41) is 0. The highest BCUT2D eigenvalue weighted by Gasteiger charge is 1.92. The molecule has 0 aromatic heterocycles. The van der Waals surface area contributed by atoms with Gasteiger partial charge in [0.05, 0.1) is 7.11 Å². The Balaban J connectivity index is 3.17. The van der Waals surface area contributed by atoms with Crippen molar-refractivity contribution in [3.8, 4) is 0 Å². The molecule has 0 aliphatic rings. The predicted molar refractivity (Wildman–Crippen MR) is 91.4 cm³/mol. The lowest BCUT2D eigenvalue weighted by Crippen LogP contribution is -1.92. The summed E-state index contributed by atoms with van der Waals surface area (Å²) in [5.41, 5.74) is 0. The zero-order valence-electron chi connectivity index (χ0n) is 14.1. The number of carbonyl (C=O) groups is 1. The van der Waals surface area contributed by atoms with E-state index in [0.29, 0.717) is 0 Å². The smallest absolute Gasteiger partial charge is 0.330 e. The summed E-state index contributed by atoms with van der Waals surface area (Å²) in [6, 6.07) is 0. The highest BCUT2D eigenvalue weighted by molar-refractivity contribution is 5.82. The lowest BCUT2D eigenvalue weighted by Gasteiger charge is -2.01. The topological polar surface area (TPSA) is 26.3 Å². The normalized spacial score (nSPS) is 11.5. The van der Waals surface area contributed by atoms with Crippen molar-refractivity contribution in [1.82, 2.24) is 0 Å². The van der Waals surface area contributed by atoms with Gasteiger partial charge in [0.1, 0.15) is 0 Å². The Kier molecular flexibility index (Phi) is 16.2. The summed E-state index contributed by atoms with van der Waals surface area (Å²) in [4.78, 5) is 10.8. The fraction of sp³-hybridized carbons (Fsp3) is 0.737. The number of hydrogen-bond acceptors (Lipinski definition) is 2. The van der Waals surface area contributed by atoms with Gasteiger partial charge in [-0.3, -0.25) is 0 Å². The van der Waals surface area contributed by atoms with Crippen molar-refractivity contribution in [2.45, 2.75) is 84.0 Å². The first-order valence-corrected chi connectivity index (χ1v) is 8.72. The van der Waals surface area contributed by atoms with Crippen molar-refractivity contribution in [3.05, 3.63) is 24.3 Å². The minimum Gasteiger partial charge on any atom is -0.466 e. The van der Waals surface area contributed by atoms with Gasteiger partial charge < -0.3 is 4.74 Å². The third kappa shape index (κ3) is 16.9. The molecule has 0 saturated carbocycles. The molecule has 0 fully saturated rings. The lowest BCUT2D eigenvalue weighted by molar-refractivity contribution is -0.134. The average molecular weight is 294 g/mol. The maximum atomic E-state index is 10.8. The summed E-state index contributed by atoms with van der Waals surface area (Å²) in [6.07, 6.45) is 23.5. The van der Waals surface area contributed by atoms with Crippen LogP contribution in [-0.4, -0.2) is 13.1 Å². The molecule has 2 nitrogen and oxygen atoms in total. The van der Waals surface area contributed by atoms with Gasteiger partial charge in [-0.05, 0) is 12.8 Å². The average Bonchev–Trinajstić information content (AvgIpc) is 2.50. The number of ether oxygens (including phenoxy) is 1. The van der Waals surface area contributed by atoms with Crippen LogP contribution >= 0.6 is 0 Å². The van der Waals surface area contributed by atoms with E-state index in [1.807, 2.05) is 6.08 Å². The summed E-state index contributed by atoms with van der Waals surface area (Å²) >= 11 is 0. The molecule has 0 aromatic rings. The van der Waals surface area contributed by atoms with Crippen LogP contribution < -0.4 is 0 Å². The van der Waals surface area contributed by atoms with Gasteiger partial charge in [-0.25, -0.2) is 4.79 Å². The molecular formula is C19H34O2. The highest BCUT2D eigenvalue weighted by Crippen LogP contribution is 2.11. The molecule has 0 aliphatic heterocycles. The van der Waals surface area contributed by atoms with Crippen LogP contribution in [0.2, 0.25) is 0 Å². The van der Waals surface area contributed by atoms with E-state index >= 15 is 0 Å². The minimum absolute atomic E-state index is 0.297. The first-order chi connectivity index (χ1) is 10.3. The second-order valence-electron chi connectivity index (χ2n) is 5.63. The van der Waals surface area contributed by atoms with Crippen molar-refractivity contribution in [2.24, 2.45) is 0 Å².